The van der Waals surface area contributed by atoms with Crippen LogP contribution in [0.25, 0.3) is 10.2 Å². The van der Waals surface area contributed by atoms with Crippen molar-refractivity contribution in [1.29, 1.82) is 0 Å². The molecule has 37 heavy (non-hydrogen) atoms. The van der Waals surface area contributed by atoms with Gasteiger partial charge >= 0.3 is 6.09 Å². The Hall–Kier alpha value is -3.67. The second-order valence-corrected chi connectivity index (χ2v) is 11.3. The van der Waals surface area contributed by atoms with Crippen LogP contribution in [0, 0.1) is 0 Å². The number of ether oxygens (including phenoxy) is 1. The second-order valence-electron chi connectivity index (χ2n) is 8.40. The van der Waals surface area contributed by atoms with Gasteiger partial charge in [0.1, 0.15) is 5.75 Å². The number of carbonyl (C=O) groups is 1. The molecule has 1 amide bonds. The SMILES string of the molecule is O=C(O)N1CCC(c2csc(Nc3ncc(Sc4ccnc5ccsc45)cc3Oc3ccccc3)n2)C1. The Balaban J connectivity index is 1.26. The number of rotatable bonds is 7. The average Bonchev–Trinajstić information content (AvgIpc) is 3.67. The van der Waals surface area contributed by atoms with Crippen LogP contribution in [0.5, 0.6) is 11.5 Å². The van der Waals surface area contributed by atoms with Gasteiger partial charge in [-0.3, -0.25) is 4.98 Å². The Kier molecular flexibility index (Phi) is 6.64. The number of thiazole rings is 1. The minimum Gasteiger partial charge on any atom is -0.465 e. The third kappa shape index (κ3) is 5.24. The molecule has 1 saturated heterocycles. The van der Waals surface area contributed by atoms with Crippen LogP contribution in [0.15, 0.2) is 81.5 Å². The van der Waals surface area contributed by atoms with E-state index < -0.39 is 6.09 Å². The van der Waals surface area contributed by atoms with E-state index in [4.69, 9.17) is 9.72 Å². The quantitative estimate of drug-likeness (QED) is 0.219. The minimum absolute atomic E-state index is 0.101. The summed E-state index contributed by atoms with van der Waals surface area (Å²) in [6.07, 6.45) is 3.53. The van der Waals surface area contributed by atoms with Gasteiger partial charge in [0.25, 0.3) is 0 Å². The zero-order chi connectivity index (χ0) is 25.2. The molecule has 0 radical (unpaired) electrons. The highest BCUT2D eigenvalue weighted by Crippen LogP contribution is 2.40. The van der Waals surface area contributed by atoms with Crippen LogP contribution in [0.3, 0.4) is 0 Å². The normalized spacial score (nSPS) is 15.2. The summed E-state index contributed by atoms with van der Waals surface area (Å²) in [6.45, 7) is 1.00. The van der Waals surface area contributed by atoms with Gasteiger partial charge in [-0.25, -0.2) is 14.8 Å². The fourth-order valence-electron chi connectivity index (χ4n) is 4.13. The van der Waals surface area contributed by atoms with Gasteiger partial charge in [0.15, 0.2) is 16.7 Å². The number of aromatic nitrogens is 3. The predicted molar refractivity (Wildman–Crippen MR) is 147 cm³/mol. The van der Waals surface area contributed by atoms with Crippen LogP contribution < -0.4 is 10.1 Å². The number of anilines is 2. The zero-order valence-electron chi connectivity index (χ0n) is 19.4. The maximum absolute atomic E-state index is 11.3. The molecule has 0 aliphatic carbocycles. The topological polar surface area (TPSA) is 100 Å². The standard InChI is InChI=1S/C26H21N5O3S3/c32-26(33)31-10-7-16(14-31)20-15-36-25(29-20)30-24-21(34-17-4-2-1-3-5-17)12-18(13-28-24)37-22-6-9-27-19-8-11-35-23(19)22/h1-6,8-9,11-13,15-16H,7,10,14H2,(H,32,33)(H,28,29,30). The third-order valence-corrected chi connectivity index (χ3v) is 8.82. The molecule has 5 aromatic rings. The molecule has 6 rings (SSSR count). The first-order valence-electron chi connectivity index (χ1n) is 11.6. The Morgan fingerprint density at radius 1 is 1.16 bits per heavy atom. The molecule has 1 fully saturated rings. The Morgan fingerprint density at radius 3 is 2.89 bits per heavy atom. The number of nitrogens with zero attached hydrogens (tertiary/aromatic N) is 4. The van der Waals surface area contributed by atoms with Gasteiger partial charge in [-0.05, 0) is 36.1 Å². The molecule has 0 spiro atoms. The van der Waals surface area contributed by atoms with E-state index in [1.165, 1.54) is 16.2 Å². The number of carboxylic acid groups (broad SMARTS) is 1. The Labute approximate surface area is 225 Å². The lowest BCUT2D eigenvalue weighted by molar-refractivity contribution is 0.155. The van der Waals surface area contributed by atoms with Crippen molar-refractivity contribution in [2.45, 2.75) is 22.1 Å². The fraction of sp³-hybridized carbons (Fsp3) is 0.154. The molecule has 1 aliphatic rings. The van der Waals surface area contributed by atoms with Crippen molar-refractivity contribution >= 4 is 61.7 Å². The molecule has 1 aromatic carbocycles. The lowest BCUT2D eigenvalue weighted by Gasteiger charge is -2.13. The molecule has 0 saturated carbocycles. The summed E-state index contributed by atoms with van der Waals surface area (Å²) in [5, 5.41) is 17.3. The van der Waals surface area contributed by atoms with Crippen LogP contribution in [-0.2, 0) is 0 Å². The highest BCUT2D eigenvalue weighted by atomic mass is 32.2. The number of amides is 1. The van der Waals surface area contributed by atoms with E-state index in [2.05, 4.69) is 15.3 Å². The van der Waals surface area contributed by atoms with Gasteiger partial charge in [0.2, 0.25) is 0 Å². The lowest BCUT2D eigenvalue weighted by Crippen LogP contribution is -2.26. The van der Waals surface area contributed by atoms with E-state index in [0.29, 0.717) is 35.5 Å². The molecule has 4 aromatic heterocycles. The molecule has 1 aliphatic heterocycles. The van der Waals surface area contributed by atoms with Crippen LogP contribution >= 0.6 is 34.4 Å². The Morgan fingerprint density at radius 2 is 2.05 bits per heavy atom. The smallest absolute Gasteiger partial charge is 0.407 e. The van der Waals surface area contributed by atoms with Crippen molar-refractivity contribution in [3.8, 4) is 11.5 Å². The predicted octanol–water partition coefficient (Wildman–Crippen LogP) is 7.30. The van der Waals surface area contributed by atoms with Crippen molar-refractivity contribution in [1.82, 2.24) is 19.9 Å². The van der Waals surface area contributed by atoms with E-state index >= 15 is 0 Å². The monoisotopic (exact) mass is 547 g/mol. The summed E-state index contributed by atoms with van der Waals surface area (Å²) >= 11 is 4.76. The van der Waals surface area contributed by atoms with E-state index in [9.17, 15) is 9.90 Å². The maximum atomic E-state index is 11.3. The summed E-state index contributed by atoms with van der Waals surface area (Å²) < 4.78 is 7.38. The number of hydrogen-bond donors (Lipinski definition) is 2. The summed E-state index contributed by atoms with van der Waals surface area (Å²) in [5.41, 5.74) is 1.88. The van der Waals surface area contributed by atoms with Crippen molar-refractivity contribution < 1.29 is 14.6 Å². The van der Waals surface area contributed by atoms with Gasteiger partial charge < -0.3 is 20.1 Å². The molecule has 11 heteroatoms. The van der Waals surface area contributed by atoms with Crippen LogP contribution in [0.4, 0.5) is 15.7 Å². The molecule has 2 N–H and O–H groups in total. The molecule has 186 valence electrons. The number of thiophene rings is 1. The van der Waals surface area contributed by atoms with Crippen LogP contribution in [0.1, 0.15) is 18.0 Å². The summed E-state index contributed by atoms with van der Waals surface area (Å²) in [7, 11) is 0. The van der Waals surface area contributed by atoms with Gasteiger partial charge in [0.05, 0.1) is 15.9 Å². The first-order chi connectivity index (χ1) is 18.1. The van der Waals surface area contributed by atoms with Crippen LogP contribution in [-0.4, -0.2) is 44.1 Å². The van der Waals surface area contributed by atoms with E-state index in [1.54, 1.807) is 23.1 Å². The number of hydrogen-bond acceptors (Lipinski definition) is 9. The van der Waals surface area contributed by atoms with Crippen molar-refractivity contribution in [3.05, 3.63) is 77.4 Å². The first-order valence-corrected chi connectivity index (χ1v) is 14.1. The molecule has 1 atom stereocenters. The zero-order valence-corrected chi connectivity index (χ0v) is 21.9. The molecule has 0 bridgehead atoms. The third-order valence-electron chi connectivity index (χ3n) is 5.96. The largest absolute Gasteiger partial charge is 0.465 e. The average molecular weight is 548 g/mol. The van der Waals surface area contributed by atoms with E-state index in [-0.39, 0.29) is 5.92 Å². The number of pyridine rings is 2. The number of nitrogens with one attached hydrogen (secondary N) is 1. The number of likely N-dealkylation sites (tertiary alicyclic amines) is 1. The molecule has 5 heterocycles. The molecular formula is C26H21N5O3S3. The highest BCUT2D eigenvalue weighted by molar-refractivity contribution is 7.99. The van der Waals surface area contributed by atoms with Crippen molar-refractivity contribution in [2.75, 3.05) is 18.4 Å². The summed E-state index contributed by atoms with van der Waals surface area (Å²) in [4.78, 5) is 28.6. The summed E-state index contributed by atoms with van der Waals surface area (Å²) in [5.74, 6) is 1.95. The van der Waals surface area contributed by atoms with Crippen LogP contribution in [0.2, 0.25) is 0 Å². The highest BCUT2D eigenvalue weighted by Gasteiger charge is 2.28. The maximum Gasteiger partial charge on any atom is 0.407 e. The minimum atomic E-state index is -0.882. The molecular weight excluding hydrogens is 527 g/mol. The number of benzene rings is 1. The van der Waals surface area contributed by atoms with E-state index in [0.717, 1.165) is 32.1 Å². The first kappa shape index (κ1) is 23.7. The molecule has 8 nitrogen and oxygen atoms in total. The molecule has 1 unspecified atom stereocenters. The van der Waals surface area contributed by atoms with E-state index in [1.807, 2.05) is 71.7 Å². The number of fused-ring (bicyclic) bond motifs is 1. The van der Waals surface area contributed by atoms with Crippen molar-refractivity contribution in [2.24, 2.45) is 0 Å². The second kappa shape index (κ2) is 10.4. The summed E-state index contributed by atoms with van der Waals surface area (Å²) in [6, 6.07) is 15.6. The van der Waals surface area contributed by atoms with Gasteiger partial charge in [-0.15, -0.1) is 22.7 Å². The fourth-order valence-corrected chi connectivity index (χ4v) is 6.80. The van der Waals surface area contributed by atoms with Crippen molar-refractivity contribution in [3.63, 3.8) is 0 Å². The van der Waals surface area contributed by atoms with Gasteiger partial charge in [-0.1, -0.05) is 30.0 Å². The van der Waals surface area contributed by atoms with Gasteiger partial charge in [-0.2, -0.15) is 0 Å². The number of para-hydroxylation sites is 1. The van der Waals surface area contributed by atoms with Gasteiger partial charge in [0, 0.05) is 52.6 Å². The Bertz CT molecular complexity index is 1560. The lowest BCUT2D eigenvalue weighted by atomic mass is 10.1.